The number of nitrogens with one attached hydrogen (secondary N) is 1. The molecule has 3 aromatic rings. The van der Waals surface area contributed by atoms with Crippen molar-refractivity contribution in [1.82, 2.24) is 14.5 Å². The summed E-state index contributed by atoms with van der Waals surface area (Å²) in [5, 5.41) is 0. The Morgan fingerprint density at radius 3 is 2.63 bits per heavy atom. The van der Waals surface area contributed by atoms with E-state index in [0.29, 0.717) is 32.1 Å². The topological polar surface area (TPSA) is 76.6 Å². The number of carbonyl (C=O) groups is 1. The van der Waals surface area contributed by atoms with E-state index in [1.807, 2.05) is 51.9 Å². The fourth-order valence-electron chi connectivity index (χ4n) is 4.22. The number of carbonyl (C=O) groups excluding carboxylic acids is 1. The third-order valence-corrected chi connectivity index (χ3v) is 5.75. The molecular formula is C23H23N3O4. The van der Waals surface area contributed by atoms with Crippen LogP contribution in [0.3, 0.4) is 0 Å². The number of rotatable bonds is 3. The Labute approximate surface area is 173 Å². The maximum absolute atomic E-state index is 12.6. The number of imidazole rings is 1. The van der Waals surface area contributed by atoms with Crippen LogP contribution in [0.5, 0.6) is 11.5 Å². The van der Waals surface area contributed by atoms with Crippen LogP contribution in [0, 0.1) is 0 Å². The molecule has 7 heteroatoms. The smallest absolute Gasteiger partial charge is 0.326 e. The molecule has 0 spiro atoms. The van der Waals surface area contributed by atoms with Gasteiger partial charge in [-0.25, -0.2) is 4.79 Å². The molecule has 5 rings (SSSR count). The van der Waals surface area contributed by atoms with Gasteiger partial charge in [-0.1, -0.05) is 18.2 Å². The summed E-state index contributed by atoms with van der Waals surface area (Å²) in [6.07, 6.45) is 4.91. The van der Waals surface area contributed by atoms with Crippen LogP contribution in [-0.2, 0) is 4.79 Å². The molecule has 0 atom stereocenters. The highest BCUT2D eigenvalue weighted by Gasteiger charge is 2.25. The molecule has 2 aliphatic heterocycles. The second kappa shape index (κ2) is 7.74. The van der Waals surface area contributed by atoms with Crippen molar-refractivity contribution in [3.05, 3.63) is 64.6 Å². The van der Waals surface area contributed by atoms with Gasteiger partial charge >= 0.3 is 5.69 Å². The molecule has 0 unspecified atom stereocenters. The van der Waals surface area contributed by atoms with Gasteiger partial charge in [0, 0.05) is 25.2 Å². The first-order valence-corrected chi connectivity index (χ1v) is 10.2. The lowest BCUT2D eigenvalue weighted by atomic mass is 10.0. The first-order valence-electron chi connectivity index (χ1n) is 10.2. The molecule has 0 bridgehead atoms. The fourth-order valence-corrected chi connectivity index (χ4v) is 4.22. The summed E-state index contributed by atoms with van der Waals surface area (Å²) >= 11 is 0. The SMILES string of the molecule is O=C(/C=C/c1ccc2c(c1)OCCO2)N1CCC(n2c(=O)[nH]c3ccccc32)CC1. The summed E-state index contributed by atoms with van der Waals surface area (Å²) in [5.74, 6) is 1.43. The average molecular weight is 405 g/mol. The zero-order valence-electron chi connectivity index (χ0n) is 16.5. The van der Waals surface area contributed by atoms with Crippen molar-refractivity contribution >= 4 is 23.0 Å². The number of H-pyrrole nitrogens is 1. The number of fused-ring (bicyclic) bond motifs is 2. The second-order valence-corrected chi connectivity index (χ2v) is 7.61. The van der Waals surface area contributed by atoms with E-state index >= 15 is 0 Å². The van der Waals surface area contributed by atoms with Crippen molar-refractivity contribution in [2.75, 3.05) is 26.3 Å². The van der Waals surface area contributed by atoms with E-state index in [2.05, 4.69) is 4.98 Å². The molecule has 1 saturated heterocycles. The predicted octanol–water partition coefficient (Wildman–Crippen LogP) is 2.98. The minimum atomic E-state index is -0.0838. The summed E-state index contributed by atoms with van der Waals surface area (Å²) in [4.78, 5) is 29.8. The Kier molecular flexibility index (Phi) is 4.78. The maximum Gasteiger partial charge on any atom is 0.326 e. The standard InChI is InChI=1S/C23H23N3O4/c27-22(8-6-16-5-7-20-21(15-16)30-14-13-29-20)25-11-9-17(10-12-25)26-19-4-2-1-3-18(19)24-23(26)28/h1-8,15,17H,9-14H2,(H,24,28)/b8-6+. The van der Waals surface area contributed by atoms with Crippen molar-refractivity contribution in [3.8, 4) is 11.5 Å². The van der Waals surface area contributed by atoms with Crippen LogP contribution in [0.2, 0.25) is 0 Å². The highest BCUT2D eigenvalue weighted by Crippen LogP contribution is 2.31. The molecule has 1 aromatic heterocycles. The van der Waals surface area contributed by atoms with Gasteiger partial charge in [-0.2, -0.15) is 0 Å². The molecule has 1 N–H and O–H groups in total. The summed E-state index contributed by atoms with van der Waals surface area (Å²) in [6.45, 7) is 2.34. The minimum Gasteiger partial charge on any atom is -0.486 e. The van der Waals surface area contributed by atoms with E-state index in [1.54, 1.807) is 12.2 Å². The molecule has 2 aliphatic rings. The van der Waals surface area contributed by atoms with E-state index in [9.17, 15) is 9.59 Å². The van der Waals surface area contributed by atoms with Crippen LogP contribution >= 0.6 is 0 Å². The van der Waals surface area contributed by atoms with Gasteiger partial charge < -0.3 is 19.4 Å². The Bertz CT molecular complexity index is 1170. The molecule has 1 amide bonds. The van der Waals surface area contributed by atoms with Gasteiger partial charge in [0.1, 0.15) is 13.2 Å². The number of para-hydroxylation sites is 2. The summed E-state index contributed by atoms with van der Waals surface area (Å²) in [7, 11) is 0. The summed E-state index contributed by atoms with van der Waals surface area (Å²) < 4.78 is 12.9. The minimum absolute atomic E-state index is 0.0189. The second-order valence-electron chi connectivity index (χ2n) is 7.61. The number of hydrogen-bond donors (Lipinski definition) is 1. The Balaban J connectivity index is 1.24. The fraction of sp³-hybridized carbons (Fsp3) is 0.304. The third-order valence-electron chi connectivity index (χ3n) is 5.75. The average Bonchev–Trinajstić information content (AvgIpc) is 3.13. The third kappa shape index (κ3) is 3.47. The molecule has 154 valence electrons. The normalized spacial score (nSPS) is 17.0. The number of aromatic amines is 1. The van der Waals surface area contributed by atoms with Gasteiger partial charge in [0.25, 0.3) is 0 Å². The summed E-state index contributed by atoms with van der Waals surface area (Å²) in [6, 6.07) is 13.5. The van der Waals surface area contributed by atoms with Crippen molar-refractivity contribution in [2.45, 2.75) is 18.9 Å². The quantitative estimate of drug-likeness (QED) is 0.680. The van der Waals surface area contributed by atoms with Crippen LogP contribution in [-0.4, -0.2) is 46.7 Å². The van der Waals surface area contributed by atoms with E-state index in [4.69, 9.17) is 9.47 Å². The Hall–Kier alpha value is -3.48. The number of nitrogens with zero attached hydrogens (tertiary/aromatic N) is 2. The van der Waals surface area contributed by atoms with E-state index in [-0.39, 0.29) is 17.6 Å². The van der Waals surface area contributed by atoms with Crippen molar-refractivity contribution in [2.24, 2.45) is 0 Å². The van der Waals surface area contributed by atoms with Gasteiger partial charge in [0.15, 0.2) is 11.5 Å². The van der Waals surface area contributed by atoms with Gasteiger partial charge in [0.05, 0.1) is 11.0 Å². The predicted molar refractivity (Wildman–Crippen MR) is 114 cm³/mol. The number of likely N-dealkylation sites (tertiary alicyclic amines) is 1. The molecule has 0 aliphatic carbocycles. The molecule has 0 radical (unpaired) electrons. The van der Waals surface area contributed by atoms with Gasteiger partial charge in [0.2, 0.25) is 5.91 Å². The number of aromatic nitrogens is 2. The monoisotopic (exact) mass is 405 g/mol. The number of benzene rings is 2. The number of amides is 1. The molecule has 7 nitrogen and oxygen atoms in total. The van der Waals surface area contributed by atoms with Crippen molar-refractivity contribution in [3.63, 3.8) is 0 Å². The van der Waals surface area contributed by atoms with Crippen molar-refractivity contribution in [1.29, 1.82) is 0 Å². The largest absolute Gasteiger partial charge is 0.486 e. The maximum atomic E-state index is 12.6. The van der Waals surface area contributed by atoms with E-state index in [0.717, 1.165) is 35.2 Å². The zero-order valence-corrected chi connectivity index (χ0v) is 16.5. The van der Waals surface area contributed by atoms with Gasteiger partial charge in [-0.15, -0.1) is 0 Å². The number of hydrogen-bond acceptors (Lipinski definition) is 4. The van der Waals surface area contributed by atoms with Gasteiger partial charge in [-0.3, -0.25) is 9.36 Å². The number of ether oxygens (including phenoxy) is 2. The lowest BCUT2D eigenvalue weighted by Gasteiger charge is -2.32. The Morgan fingerprint density at radius 2 is 1.80 bits per heavy atom. The molecular weight excluding hydrogens is 382 g/mol. The molecule has 30 heavy (non-hydrogen) atoms. The summed E-state index contributed by atoms with van der Waals surface area (Å²) in [5.41, 5.74) is 2.58. The first kappa shape index (κ1) is 18.5. The van der Waals surface area contributed by atoms with Crippen LogP contribution < -0.4 is 15.2 Å². The first-order chi connectivity index (χ1) is 14.7. The lowest BCUT2D eigenvalue weighted by molar-refractivity contribution is -0.127. The van der Waals surface area contributed by atoms with E-state index < -0.39 is 0 Å². The van der Waals surface area contributed by atoms with Crippen LogP contribution in [0.25, 0.3) is 17.1 Å². The van der Waals surface area contributed by atoms with Crippen LogP contribution in [0.4, 0.5) is 0 Å². The molecule has 1 fully saturated rings. The molecule has 2 aromatic carbocycles. The highest BCUT2D eigenvalue weighted by molar-refractivity contribution is 5.92. The van der Waals surface area contributed by atoms with Crippen LogP contribution in [0.15, 0.2) is 53.3 Å². The van der Waals surface area contributed by atoms with Crippen LogP contribution in [0.1, 0.15) is 24.4 Å². The van der Waals surface area contributed by atoms with Crippen molar-refractivity contribution < 1.29 is 14.3 Å². The number of piperidine rings is 1. The lowest BCUT2D eigenvalue weighted by Crippen LogP contribution is -2.39. The van der Waals surface area contributed by atoms with Gasteiger partial charge in [-0.05, 0) is 48.7 Å². The highest BCUT2D eigenvalue weighted by atomic mass is 16.6. The molecule has 3 heterocycles. The molecule has 0 saturated carbocycles. The zero-order chi connectivity index (χ0) is 20.5. The van der Waals surface area contributed by atoms with E-state index in [1.165, 1.54) is 0 Å². The Morgan fingerprint density at radius 1 is 1.03 bits per heavy atom.